The molecule has 0 spiro atoms. The van der Waals surface area contributed by atoms with E-state index in [1.54, 1.807) is 0 Å². The van der Waals surface area contributed by atoms with E-state index in [9.17, 15) is 31.1 Å². The van der Waals surface area contributed by atoms with Crippen LogP contribution in [0.25, 0.3) is 0 Å². The minimum Gasteiger partial charge on any atom is -0.475 e. The fraction of sp³-hybridized carbons (Fsp3) is 0.636. The molecule has 2 fully saturated rings. The Hall–Kier alpha value is -3.10. The fourth-order valence-electron chi connectivity index (χ4n) is 4.03. The quantitative estimate of drug-likeness (QED) is 0.496. The lowest BCUT2D eigenvalue weighted by molar-refractivity contribution is -0.193. The molecule has 1 aliphatic heterocycles. The van der Waals surface area contributed by atoms with Gasteiger partial charge in [0.15, 0.2) is 0 Å². The van der Waals surface area contributed by atoms with E-state index < -0.39 is 24.3 Å². The lowest BCUT2D eigenvalue weighted by atomic mass is 10.0. The van der Waals surface area contributed by atoms with Gasteiger partial charge < -0.3 is 25.3 Å². The van der Waals surface area contributed by atoms with Gasteiger partial charge >= 0.3 is 30.3 Å². The number of carboxylic acids is 2. The van der Waals surface area contributed by atoms with Gasteiger partial charge in [-0.05, 0) is 57.5 Å². The molecule has 210 valence electrons. The van der Waals surface area contributed by atoms with E-state index in [0.29, 0.717) is 12.1 Å². The third kappa shape index (κ3) is 11.2. The van der Waals surface area contributed by atoms with Crippen LogP contribution in [0.4, 0.5) is 31.1 Å². The van der Waals surface area contributed by atoms with Gasteiger partial charge in [-0.1, -0.05) is 12.8 Å². The summed E-state index contributed by atoms with van der Waals surface area (Å²) in [6.45, 7) is 0.844. The molecule has 15 heteroatoms. The number of alkyl halides is 6. The number of nitrogens with one attached hydrogen (secondary N) is 1. The van der Waals surface area contributed by atoms with E-state index in [2.05, 4.69) is 46.3 Å². The van der Waals surface area contributed by atoms with Gasteiger partial charge in [-0.3, -0.25) is 4.98 Å². The molecule has 1 aromatic heterocycles. The van der Waals surface area contributed by atoms with Gasteiger partial charge in [0.1, 0.15) is 0 Å². The Labute approximate surface area is 209 Å². The van der Waals surface area contributed by atoms with Crippen molar-refractivity contribution in [2.75, 3.05) is 20.6 Å². The van der Waals surface area contributed by atoms with E-state index in [0.717, 1.165) is 32.2 Å². The number of aliphatic carboxylic acids is 2. The number of pyridine rings is 1. The van der Waals surface area contributed by atoms with Crippen molar-refractivity contribution >= 4 is 18.0 Å². The average molecular weight is 544 g/mol. The molecule has 0 bridgehead atoms. The highest BCUT2D eigenvalue weighted by atomic mass is 19.4. The third-order valence-corrected chi connectivity index (χ3v) is 5.80. The summed E-state index contributed by atoms with van der Waals surface area (Å²) in [5, 5.41) is 17.5. The first-order valence-corrected chi connectivity index (χ1v) is 11.3. The van der Waals surface area contributed by atoms with Crippen LogP contribution in [0, 0.1) is 0 Å². The Balaban J connectivity index is 0.000000404. The Bertz CT molecular complexity index is 853. The summed E-state index contributed by atoms with van der Waals surface area (Å²) >= 11 is 0. The first-order valence-electron chi connectivity index (χ1n) is 11.3. The Morgan fingerprint density at radius 3 is 1.84 bits per heavy atom. The highest BCUT2D eigenvalue weighted by Crippen LogP contribution is 2.26. The topological polar surface area (TPSA) is 123 Å². The van der Waals surface area contributed by atoms with Crippen molar-refractivity contribution in [1.82, 2.24) is 20.1 Å². The summed E-state index contributed by atoms with van der Waals surface area (Å²) in [5.41, 5.74) is 1.25. The highest BCUT2D eigenvalue weighted by molar-refractivity contribution is 5.75. The van der Waals surface area contributed by atoms with Crippen molar-refractivity contribution in [1.29, 1.82) is 0 Å². The minimum atomic E-state index is -5.08. The van der Waals surface area contributed by atoms with Gasteiger partial charge in [-0.25, -0.2) is 14.4 Å². The number of carboxylic acid groups (broad SMARTS) is 2. The SMILES string of the molecule is CN(C)[C@@H]1CCN(C(=O)NC2CCCC2)[C@H]1Cc1ccncc1.O=C(O)C(F)(F)F.O=C(O)C(F)(F)F. The number of amides is 2. The predicted molar refractivity (Wildman–Crippen MR) is 119 cm³/mol. The maximum atomic E-state index is 12.8. The second-order valence-corrected chi connectivity index (χ2v) is 8.68. The maximum absolute atomic E-state index is 12.8. The van der Waals surface area contributed by atoms with E-state index >= 15 is 0 Å². The molecule has 0 aromatic carbocycles. The molecule has 9 nitrogen and oxygen atoms in total. The van der Waals surface area contributed by atoms with E-state index in [4.69, 9.17) is 19.8 Å². The van der Waals surface area contributed by atoms with Crippen LogP contribution in [0.5, 0.6) is 0 Å². The van der Waals surface area contributed by atoms with E-state index in [1.165, 1.54) is 18.4 Å². The molecule has 2 amide bonds. The van der Waals surface area contributed by atoms with Gasteiger partial charge in [0.05, 0.1) is 6.04 Å². The van der Waals surface area contributed by atoms with Crippen LogP contribution in [0.2, 0.25) is 0 Å². The maximum Gasteiger partial charge on any atom is 0.490 e. The van der Waals surface area contributed by atoms with Crippen LogP contribution in [-0.2, 0) is 16.0 Å². The molecule has 0 radical (unpaired) electrons. The molecule has 3 N–H and O–H groups in total. The number of likely N-dealkylation sites (N-methyl/N-ethyl adjacent to an activating group) is 1. The summed E-state index contributed by atoms with van der Waals surface area (Å²) in [6, 6.07) is 5.25. The lowest BCUT2D eigenvalue weighted by Gasteiger charge is -2.32. The molecule has 0 unspecified atom stereocenters. The number of rotatable bonds is 4. The number of halogens is 6. The van der Waals surface area contributed by atoms with Crippen LogP contribution in [0.15, 0.2) is 24.5 Å². The molecule has 2 atom stereocenters. The molecule has 2 aliphatic rings. The molecule has 2 heterocycles. The summed E-state index contributed by atoms with van der Waals surface area (Å²) in [4.78, 5) is 39.0. The number of urea groups is 1. The summed E-state index contributed by atoms with van der Waals surface area (Å²) in [6.07, 6.45) is 0.176. The summed E-state index contributed by atoms with van der Waals surface area (Å²) < 4.78 is 63.5. The monoisotopic (exact) mass is 544 g/mol. The van der Waals surface area contributed by atoms with Crippen molar-refractivity contribution in [3.05, 3.63) is 30.1 Å². The van der Waals surface area contributed by atoms with Crippen molar-refractivity contribution in [2.24, 2.45) is 0 Å². The third-order valence-electron chi connectivity index (χ3n) is 5.80. The van der Waals surface area contributed by atoms with Gasteiger partial charge in [0, 0.05) is 31.0 Å². The second kappa shape index (κ2) is 14.0. The number of likely N-dealkylation sites (tertiary alicyclic amines) is 1. The predicted octanol–water partition coefficient (Wildman–Crippen LogP) is 3.55. The average Bonchev–Trinajstić information content (AvgIpc) is 3.44. The van der Waals surface area contributed by atoms with Crippen molar-refractivity contribution in [3.8, 4) is 0 Å². The van der Waals surface area contributed by atoms with Gasteiger partial charge in [-0.15, -0.1) is 0 Å². The molecule has 1 saturated heterocycles. The van der Waals surface area contributed by atoms with Gasteiger partial charge in [0.2, 0.25) is 0 Å². The van der Waals surface area contributed by atoms with Crippen molar-refractivity contribution in [2.45, 2.75) is 69.0 Å². The normalized spacial score (nSPS) is 20.0. The van der Waals surface area contributed by atoms with Crippen LogP contribution < -0.4 is 5.32 Å². The van der Waals surface area contributed by atoms with Crippen LogP contribution in [0.3, 0.4) is 0 Å². The lowest BCUT2D eigenvalue weighted by Crippen LogP contribution is -2.50. The zero-order valence-electron chi connectivity index (χ0n) is 20.2. The molecular weight excluding hydrogens is 514 g/mol. The Kier molecular flexibility index (Phi) is 12.1. The first kappa shape index (κ1) is 31.9. The zero-order chi connectivity index (χ0) is 28.4. The molecule has 3 rings (SSSR count). The van der Waals surface area contributed by atoms with E-state index in [1.807, 2.05) is 12.4 Å². The Morgan fingerprint density at radius 1 is 0.973 bits per heavy atom. The largest absolute Gasteiger partial charge is 0.490 e. The molecule has 1 saturated carbocycles. The Morgan fingerprint density at radius 2 is 1.43 bits per heavy atom. The summed E-state index contributed by atoms with van der Waals surface area (Å²) in [7, 11) is 4.23. The van der Waals surface area contributed by atoms with Gasteiger partial charge in [-0.2, -0.15) is 26.3 Å². The number of hydrogen-bond acceptors (Lipinski definition) is 5. The van der Waals surface area contributed by atoms with E-state index in [-0.39, 0.29) is 12.1 Å². The fourth-order valence-corrected chi connectivity index (χ4v) is 4.03. The molecule has 1 aliphatic carbocycles. The van der Waals surface area contributed by atoms with Gasteiger partial charge in [0.25, 0.3) is 0 Å². The number of aromatic nitrogens is 1. The number of hydrogen-bond donors (Lipinski definition) is 3. The van der Waals surface area contributed by atoms with Crippen molar-refractivity contribution < 1.29 is 50.9 Å². The number of carbonyl (C=O) groups excluding carboxylic acids is 1. The standard InChI is InChI=1S/C18H28N4O.2C2HF3O2/c1-21(2)16-9-12-22(18(23)20-15-5-3-4-6-15)17(16)13-14-7-10-19-11-8-14;2*3-2(4,5)1(6)7/h7-8,10-11,15-17H,3-6,9,12-13H2,1-2H3,(H,20,23);2*(H,6,7)/t16-,17+;;/m1../s1. The second-order valence-electron chi connectivity index (χ2n) is 8.68. The van der Waals surface area contributed by atoms with Crippen molar-refractivity contribution in [3.63, 3.8) is 0 Å². The number of carbonyl (C=O) groups is 3. The first-order chi connectivity index (χ1) is 17.0. The van der Waals surface area contributed by atoms with Crippen LogP contribution in [-0.4, -0.2) is 94.1 Å². The number of nitrogens with zero attached hydrogens (tertiary/aromatic N) is 3. The highest BCUT2D eigenvalue weighted by Gasteiger charge is 2.40. The molecule has 37 heavy (non-hydrogen) atoms. The summed E-state index contributed by atoms with van der Waals surface area (Å²) in [5.74, 6) is -5.51. The molecular formula is C22H30F6N4O5. The zero-order valence-corrected chi connectivity index (χ0v) is 20.2. The van der Waals surface area contributed by atoms with Crippen LogP contribution in [0.1, 0.15) is 37.7 Å². The minimum absolute atomic E-state index is 0.125. The van der Waals surface area contributed by atoms with Crippen LogP contribution >= 0.6 is 0 Å². The molecule has 1 aromatic rings. The smallest absolute Gasteiger partial charge is 0.475 e.